The van der Waals surface area contributed by atoms with E-state index in [4.69, 9.17) is 23.2 Å². The molecule has 0 atom stereocenters. The van der Waals surface area contributed by atoms with E-state index in [-0.39, 0.29) is 45.6 Å². The number of pyridine rings is 2. The van der Waals surface area contributed by atoms with Crippen LogP contribution in [0.3, 0.4) is 0 Å². The number of phenolic OH excluding ortho intramolecular Hbond substituents is 1. The number of carbonyl (C=O) groups is 2. The third-order valence-electron chi connectivity index (χ3n) is 7.19. The highest BCUT2D eigenvalue weighted by molar-refractivity contribution is 6.32. The van der Waals surface area contributed by atoms with Crippen LogP contribution in [0, 0.1) is 0 Å². The van der Waals surface area contributed by atoms with E-state index < -0.39 is 23.7 Å². The Labute approximate surface area is 269 Å². The standard InChI is InChI=1S/C31H28Cl2FN5O4.ClH/c32-21-7-8-27(35-18-21)36-30(42)25-16-22(33)17-26(40)28(25)37-29(41)20-5-3-19(4-6-20)24-2-1-11-39(31(24)43)15-14-38-12-9-23(34)10-13-38;/h1-8,11,16-18,23,40H,9-10,12-15H2,(H,37,41)(H,35,36,42);1H. The van der Waals surface area contributed by atoms with Crippen molar-refractivity contribution in [2.75, 3.05) is 30.3 Å². The molecule has 0 radical (unpaired) electrons. The van der Waals surface area contributed by atoms with Crippen LogP contribution in [0.15, 0.2) is 77.9 Å². The largest absolute Gasteiger partial charge is 0.506 e. The number of aromatic nitrogens is 2. The highest BCUT2D eigenvalue weighted by Gasteiger charge is 2.21. The van der Waals surface area contributed by atoms with Crippen molar-refractivity contribution in [3.05, 3.63) is 105 Å². The number of nitrogens with zero attached hydrogens (tertiary/aromatic N) is 3. The van der Waals surface area contributed by atoms with Gasteiger partial charge in [0, 0.05) is 60.8 Å². The molecule has 0 spiro atoms. The summed E-state index contributed by atoms with van der Waals surface area (Å²) in [6.45, 7) is 2.50. The molecule has 1 aliphatic rings. The van der Waals surface area contributed by atoms with E-state index in [1.54, 1.807) is 53.2 Å². The first-order valence-electron chi connectivity index (χ1n) is 13.6. The van der Waals surface area contributed by atoms with Gasteiger partial charge in [0.25, 0.3) is 17.4 Å². The van der Waals surface area contributed by atoms with Gasteiger partial charge in [-0.2, -0.15) is 0 Å². The van der Waals surface area contributed by atoms with Crippen molar-refractivity contribution in [3.63, 3.8) is 0 Å². The molecular formula is C31H29Cl3FN5O4. The summed E-state index contributed by atoms with van der Waals surface area (Å²) in [4.78, 5) is 45.5. The SMILES string of the molecule is Cl.O=C(Nc1c(O)cc(Cl)cc1C(=O)Nc1ccc(Cl)cn1)c1ccc(-c2cccn(CCN3CCC(F)CC3)c2=O)cc1. The second-order valence-corrected chi connectivity index (χ2v) is 11.0. The molecule has 0 bridgehead atoms. The number of benzene rings is 2. The van der Waals surface area contributed by atoms with E-state index in [2.05, 4.69) is 20.5 Å². The molecule has 3 N–H and O–H groups in total. The topological polar surface area (TPSA) is 117 Å². The number of amides is 2. The van der Waals surface area contributed by atoms with E-state index in [9.17, 15) is 23.9 Å². The number of hydrogen-bond acceptors (Lipinski definition) is 6. The average Bonchev–Trinajstić information content (AvgIpc) is 3.00. The number of aromatic hydroxyl groups is 1. The maximum Gasteiger partial charge on any atom is 0.259 e. The molecule has 9 nitrogen and oxygen atoms in total. The van der Waals surface area contributed by atoms with Crippen LogP contribution in [-0.2, 0) is 6.54 Å². The molecule has 2 aromatic heterocycles. The number of rotatable bonds is 8. The number of nitrogens with one attached hydrogen (secondary N) is 2. The summed E-state index contributed by atoms with van der Waals surface area (Å²) in [6.07, 6.45) is 3.38. The Balaban J connectivity index is 0.00000442. The first kappa shape index (κ1) is 32.9. The molecule has 1 fully saturated rings. The lowest BCUT2D eigenvalue weighted by Gasteiger charge is -2.28. The molecule has 230 valence electrons. The van der Waals surface area contributed by atoms with Gasteiger partial charge >= 0.3 is 0 Å². The number of piperidine rings is 1. The molecule has 4 aromatic rings. The fourth-order valence-corrected chi connectivity index (χ4v) is 5.15. The monoisotopic (exact) mass is 659 g/mol. The van der Waals surface area contributed by atoms with Crippen LogP contribution < -0.4 is 16.2 Å². The number of hydrogen-bond donors (Lipinski definition) is 3. The van der Waals surface area contributed by atoms with Crippen molar-refractivity contribution >= 4 is 58.9 Å². The fraction of sp³-hybridized carbons (Fsp3) is 0.226. The van der Waals surface area contributed by atoms with Crippen molar-refractivity contribution in [1.29, 1.82) is 0 Å². The van der Waals surface area contributed by atoms with Gasteiger partial charge in [0.15, 0.2) is 0 Å². The third-order valence-corrected chi connectivity index (χ3v) is 7.63. The Bertz CT molecular complexity index is 1690. The first-order chi connectivity index (χ1) is 20.7. The lowest BCUT2D eigenvalue weighted by molar-refractivity contribution is 0.102. The third kappa shape index (κ3) is 7.95. The zero-order valence-corrected chi connectivity index (χ0v) is 25.6. The maximum absolute atomic E-state index is 13.4. The summed E-state index contributed by atoms with van der Waals surface area (Å²) in [5.74, 6) is -1.44. The Morgan fingerprint density at radius 3 is 2.36 bits per heavy atom. The van der Waals surface area contributed by atoms with Gasteiger partial charge in [0.05, 0.1) is 16.3 Å². The summed E-state index contributed by atoms with van der Waals surface area (Å²) in [5, 5.41) is 16.2. The van der Waals surface area contributed by atoms with E-state index in [0.29, 0.717) is 55.2 Å². The van der Waals surface area contributed by atoms with Gasteiger partial charge in [0.1, 0.15) is 17.7 Å². The normalized spacial score (nSPS) is 13.6. The minimum absolute atomic E-state index is 0. The molecule has 2 aromatic carbocycles. The van der Waals surface area contributed by atoms with Gasteiger partial charge < -0.3 is 25.2 Å². The molecule has 1 saturated heterocycles. The number of anilines is 2. The van der Waals surface area contributed by atoms with E-state index in [1.807, 2.05) is 0 Å². The number of halogens is 4. The van der Waals surface area contributed by atoms with Crippen molar-refractivity contribution in [3.8, 4) is 16.9 Å². The van der Waals surface area contributed by atoms with Gasteiger partial charge in [0.2, 0.25) is 0 Å². The van der Waals surface area contributed by atoms with Crippen LogP contribution >= 0.6 is 35.6 Å². The summed E-state index contributed by atoms with van der Waals surface area (Å²) < 4.78 is 15.1. The van der Waals surface area contributed by atoms with E-state index in [1.165, 1.54) is 24.4 Å². The lowest BCUT2D eigenvalue weighted by Crippen LogP contribution is -2.37. The summed E-state index contributed by atoms with van der Waals surface area (Å²) >= 11 is 11.9. The smallest absolute Gasteiger partial charge is 0.259 e. The van der Waals surface area contributed by atoms with Gasteiger partial charge in [-0.3, -0.25) is 14.4 Å². The Morgan fingerprint density at radius 1 is 0.955 bits per heavy atom. The molecule has 13 heteroatoms. The quantitative estimate of drug-likeness (QED) is 0.192. The second kappa shape index (κ2) is 14.7. The Kier molecular flexibility index (Phi) is 11.0. The zero-order valence-electron chi connectivity index (χ0n) is 23.3. The minimum Gasteiger partial charge on any atom is -0.506 e. The van der Waals surface area contributed by atoms with Crippen LogP contribution in [0.2, 0.25) is 10.0 Å². The minimum atomic E-state index is -0.747. The first-order valence-corrected chi connectivity index (χ1v) is 14.4. The van der Waals surface area contributed by atoms with Crippen molar-refractivity contribution in [1.82, 2.24) is 14.5 Å². The lowest BCUT2D eigenvalue weighted by atomic mass is 10.0. The molecule has 2 amide bonds. The van der Waals surface area contributed by atoms with Crippen LogP contribution in [0.5, 0.6) is 5.75 Å². The average molecular weight is 661 g/mol. The molecule has 0 unspecified atom stereocenters. The molecule has 0 saturated carbocycles. The molecular weight excluding hydrogens is 632 g/mol. The molecule has 44 heavy (non-hydrogen) atoms. The number of phenols is 1. The molecule has 1 aliphatic heterocycles. The molecule has 5 rings (SSSR count). The van der Waals surface area contributed by atoms with Crippen LogP contribution in [0.1, 0.15) is 33.6 Å². The van der Waals surface area contributed by atoms with Crippen LogP contribution in [0.25, 0.3) is 11.1 Å². The van der Waals surface area contributed by atoms with Gasteiger partial charge in [-0.1, -0.05) is 35.3 Å². The van der Waals surface area contributed by atoms with Crippen molar-refractivity contribution in [2.45, 2.75) is 25.6 Å². The van der Waals surface area contributed by atoms with Crippen molar-refractivity contribution < 1.29 is 19.1 Å². The predicted molar refractivity (Wildman–Crippen MR) is 172 cm³/mol. The van der Waals surface area contributed by atoms with E-state index >= 15 is 0 Å². The molecule has 0 aliphatic carbocycles. The number of alkyl halides is 1. The van der Waals surface area contributed by atoms with Gasteiger partial charge in [-0.15, -0.1) is 12.4 Å². The highest BCUT2D eigenvalue weighted by Crippen LogP contribution is 2.33. The number of carbonyl (C=O) groups excluding carboxylic acids is 2. The fourth-order valence-electron chi connectivity index (χ4n) is 4.83. The highest BCUT2D eigenvalue weighted by atomic mass is 35.5. The van der Waals surface area contributed by atoms with Gasteiger partial charge in [-0.05, 0) is 60.9 Å². The van der Waals surface area contributed by atoms with Crippen LogP contribution in [0.4, 0.5) is 15.9 Å². The predicted octanol–water partition coefficient (Wildman–Crippen LogP) is 6.28. The van der Waals surface area contributed by atoms with E-state index in [0.717, 1.165) is 0 Å². The molecule has 3 heterocycles. The van der Waals surface area contributed by atoms with Crippen LogP contribution in [-0.4, -0.2) is 57.2 Å². The Hall–Kier alpha value is -3.96. The summed E-state index contributed by atoms with van der Waals surface area (Å²) in [7, 11) is 0. The maximum atomic E-state index is 13.4. The Morgan fingerprint density at radius 2 is 1.68 bits per heavy atom. The second-order valence-electron chi connectivity index (χ2n) is 10.1. The summed E-state index contributed by atoms with van der Waals surface area (Å²) in [5.41, 5.74) is 0.951. The summed E-state index contributed by atoms with van der Waals surface area (Å²) in [6, 6.07) is 15.5. The zero-order chi connectivity index (χ0) is 30.5. The van der Waals surface area contributed by atoms with Crippen molar-refractivity contribution in [2.24, 2.45) is 0 Å². The van der Waals surface area contributed by atoms with Gasteiger partial charge in [-0.25, -0.2) is 9.37 Å². The number of likely N-dealkylation sites (tertiary alicyclic amines) is 1.